The molecule has 24 heavy (non-hydrogen) atoms. The van der Waals surface area contributed by atoms with Gasteiger partial charge in [0.1, 0.15) is 11.5 Å². The number of amides is 1. The Labute approximate surface area is 143 Å². The van der Waals surface area contributed by atoms with Crippen LogP contribution in [0.4, 0.5) is 0 Å². The summed E-state index contributed by atoms with van der Waals surface area (Å²) in [7, 11) is 0. The van der Waals surface area contributed by atoms with E-state index in [4.69, 9.17) is 16.0 Å². The van der Waals surface area contributed by atoms with Crippen molar-refractivity contribution in [2.24, 2.45) is 0 Å². The zero-order valence-corrected chi connectivity index (χ0v) is 13.6. The summed E-state index contributed by atoms with van der Waals surface area (Å²) in [6.07, 6.45) is 0. The van der Waals surface area contributed by atoms with Crippen LogP contribution in [0.25, 0.3) is 17.2 Å². The maximum Gasteiger partial charge on any atom is 0.290 e. The van der Waals surface area contributed by atoms with Crippen molar-refractivity contribution in [2.45, 2.75) is 6.92 Å². The van der Waals surface area contributed by atoms with Crippen molar-refractivity contribution in [1.29, 1.82) is 0 Å². The van der Waals surface area contributed by atoms with Gasteiger partial charge in [-0.05, 0) is 36.8 Å². The molecule has 3 rings (SSSR count). The normalized spacial score (nSPS) is 10.4. The molecule has 1 amide bonds. The van der Waals surface area contributed by atoms with Gasteiger partial charge in [-0.2, -0.15) is 5.10 Å². The summed E-state index contributed by atoms with van der Waals surface area (Å²) in [5.41, 5.74) is 7.52. The van der Waals surface area contributed by atoms with Crippen molar-refractivity contribution in [1.82, 2.24) is 21.0 Å². The topological polar surface area (TPSA) is 83.0 Å². The first-order chi connectivity index (χ1) is 11.5. The first-order valence-corrected chi connectivity index (χ1v) is 7.54. The molecule has 0 saturated heterocycles. The highest BCUT2D eigenvalue weighted by Crippen LogP contribution is 2.20. The Morgan fingerprint density at radius 2 is 1.96 bits per heavy atom. The van der Waals surface area contributed by atoms with E-state index in [0.717, 1.165) is 11.3 Å². The summed E-state index contributed by atoms with van der Waals surface area (Å²) in [5, 5.41) is 7.38. The maximum atomic E-state index is 12.1. The fourth-order valence-corrected chi connectivity index (χ4v) is 2.19. The molecule has 3 N–H and O–H groups in total. The highest BCUT2D eigenvalue weighted by atomic mass is 35.5. The second-order valence-corrected chi connectivity index (χ2v) is 5.58. The van der Waals surface area contributed by atoms with Gasteiger partial charge in [0.25, 0.3) is 5.91 Å². The Morgan fingerprint density at radius 3 is 2.62 bits per heavy atom. The lowest BCUT2D eigenvalue weighted by molar-refractivity contribution is 0.0937. The molecule has 0 atom stereocenters. The first-order valence-electron chi connectivity index (χ1n) is 7.16. The summed E-state index contributed by atoms with van der Waals surface area (Å²) in [6.45, 7) is 5.71. The zero-order chi connectivity index (χ0) is 17.1. The minimum Gasteiger partial charge on any atom is -0.460 e. The van der Waals surface area contributed by atoms with E-state index in [1.165, 1.54) is 0 Å². The molecule has 1 aromatic carbocycles. The number of H-pyrrole nitrogens is 1. The van der Waals surface area contributed by atoms with E-state index >= 15 is 0 Å². The second-order valence-electron chi connectivity index (χ2n) is 5.14. The van der Waals surface area contributed by atoms with Gasteiger partial charge < -0.3 is 4.42 Å². The molecule has 0 aliphatic heterocycles. The van der Waals surface area contributed by atoms with Crippen LogP contribution < -0.4 is 10.9 Å². The third kappa shape index (κ3) is 3.49. The van der Waals surface area contributed by atoms with Gasteiger partial charge in [0, 0.05) is 11.1 Å². The third-order valence-electron chi connectivity index (χ3n) is 3.34. The lowest BCUT2D eigenvalue weighted by atomic mass is 10.2. The van der Waals surface area contributed by atoms with Crippen molar-refractivity contribution in [3.8, 4) is 11.5 Å². The lowest BCUT2D eigenvalue weighted by Gasteiger charge is -2.10. The molecule has 122 valence electrons. The van der Waals surface area contributed by atoms with Gasteiger partial charge in [0.05, 0.1) is 5.70 Å². The number of nitrogens with zero attached hydrogens (tertiary/aromatic N) is 1. The summed E-state index contributed by atoms with van der Waals surface area (Å²) in [5.74, 6) is 1.01. The quantitative estimate of drug-likeness (QED) is 0.619. The Bertz CT molecular complexity index is 880. The fraction of sp³-hybridized carbons (Fsp3) is 0.0588. The molecule has 2 heterocycles. The number of hydrogen-bond donors (Lipinski definition) is 3. The van der Waals surface area contributed by atoms with Crippen molar-refractivity contribution in [2.75, 3.05) is 0 Å². The average molecular weight is 343 g/mol. The molecule has 0 unspecified atom stereocenters. The Balaban J connectivity index is 1.62. The van der Waals surface area contributed by atoms with Gasteiger partial charge in [-0.3, -0.25) is 20.7 Å². The molecule has 0 aliphatic rings. The minimum absolute atomic E-state index is 0.232. The molecule has 6 nitrogen and oxygen atoms in total. The van der Waals surface area contributed by atoms with Crippen molar-refractivity contribution in [3.05, 3.63) is 71.1 Å². The van der Waals surface area contributed by atoms with Crippen LogP contribution in [-0.2, 0) is 0 Å². The Kier molecular flexibility index (Phi) is 4.39. The van der Waals surface area contributed by atoms with Crippen LogP contribution >= 0.6 is 11.6 Å². The van der Waals surface area contributed by atoms with Crippen LogP contribution in [0, 0.1) is 6.92 Å². The van der Waals surface area contributed by atoms with Gasteiger partial charge in [-0.1, -0.05) is 30.3 Å². The van der Waals surface area contributed by atoms with Gasteiger partial charge in [-0.25, -0.2) is 0 Å². The number of aryl methyl sites for hydroxylation is 1. The van der Waals surface area contributed by atoms with Crippen LogP contribution in [0.3, 0.4) is 0 Å². The molecule has 2 aromatic heterocycles. The summed E-state index contributed by atoms with van der Waals surface area (Å²) >= 11 is 5.84. The van der Waals surface area contributed by atoms with E-state index in [9.17, 15) is 4.79 Å². The number of hydrogen-bond acceptors (Lipinski definition) is 4. The number of carbonyl (C=O) groups is 1. The zero-order valence-electron chi connectivity index (χ0n) is 12.9. The van der Waals surface area contributed by atoms with E-state index in [1.54, 1.807) is 30.3 Å². The van der Waals surface area contributed by atoms with E-state index < -0.39 is 5.91 Å². The highest BCUT2D eigenvalue weighted by molar-refractivity contribution is 6.30. The lowest BCUT2D eigenvalue weighted by Crippen LogP contribution is -2.36. The minimum atomic E-state index is -0.393. The summed E-state index contributed by atoms with van der Waals surface area (Å²) in [4.78, 5) is 12.1. The number of aromatic amines is 1. The van der Waals surface area contributed by atoms with Gasteiger partial charge in [0.2, 0.25) is 0 Å². The largest absolute Gasteiger partial charge is 0.460 e. The highest BCUT2D eigenvalue weighted by Gasteiger charge is 2.13. The first kappa shape index (κ1) is 15.9. The smallest absolute Gasteiger partial charge is 0.290 e. The SMILES string of the molecule is C=C(NNC(=O)c1cc(-c2ccc(C)o2)[nH]n1)c1ccc(Cl)cc1. The molecule has 0 radical (unpaired) electrons. The van der Waals surface area contributed by atoms with Crippen LogP contribution in [0.5, 0.6) is 0 Å². The summed E-state index contributed by atoms with van der Waals surface area (Å²) in [6, 6.07) is 12.4. The number of halogens is 1. The van der Waals surface area contributed by atoms with Crippen LogP contribution in [-0.4, -0.2) is 16.1 Å². The number of nitrogens with one attached hydrogen (secondary N) is 3. The van der Waals surface area contributed by atoms with Gasteiger partial charge in [-0.15, -0.1) is 0 Å². The monoisotopic (exact) mass is 342 g/mol. The maximum absolute atomic E-state index is 12.1. The van der Waals surface area contributed by atoms with Crippen LogP contribution in [0.1, 0.15) is 21.8 Å². The number of aromatic nitrogens is 2. The molecular formula is C17H15ClN4O2. The molecule has 0 spiro atoms. The second kappa shape index (κ2) is 6.64. The molecule has 0 aliphatic carbocycles. The number of benzene rings is 1. The van der Waals surface area contributed by atoms with Crippen molar-refractivity contribution in [3.63, 3.8) is 0 Å². The molecule has 0 fully saturated rings. The standard InChI is InChI=1S/C17H15ClN4O2/c1-10-3-8-16(24-10)14-9-15(21-20-14)17(23)22-19-11(2)12-4-6-13(18)7-5-12/h3-9,19H,2H2,1H3,(H,20,21)(H,22,23). The number of rotatable bonds is 5. The van der Waals surface area contributed by atoms with Crippen molar-refractivity contribution >= 4 is 23.2 Å². The molecule has 0 bridgehead atoms. The third-order valence-corrected chi connectivity index (χ3v) is 3.59. The van der Waals surface area contributed by atoms with Gasteiger partial charge >= 0.3 is 0 Å². The fourth-order valence-electron chi connectivity index (χ4n) is 2.06. The van der Waals surface area contributed by atoms with Crippen LogP contribution in [0.2, 0.25) is 5.02 Å². The molecule has 7 heteroatoms. The number of carbonyl (C=O) groups excluding carboxylic acids is 1. The number of hydrazine groups is 1. The molecule has 3 aromatic rings. The van der Waals surface area contributed by atoms with E-state index in [-0.39, 0.29) is 5.69 Å². The molecular weight excluding hydrogens is 328 g/mol. The average Bonchev–Trinajstić information content (AvgIpc) is 3.22. The predicted octanol–water partition coefficient (Wildman–Crippen LogP) is 3.54. The summed E-state index contributed by atoms with van der Waals surface area (Å²) < 4.78 is 5.48. The molecule has 0 saturated carbocycles. The van der Waals surface area contributed by atoms with Gasteiger partial charge in [0.15, 0.2) is 11.5 Å². The van der Waals surface area contributed by atoms with Crippen LogP contribution in [0.15, 0.2) is 53.5 Å². The number of furan rings is 1. The van der Waals surface area contributed by atoms with E-state index in [2.05, 4.69) is 27.6 Å². The Morgan fingerprint density at radius 1 is 1.21 bits per heavy atom. The van der Waals surface area contributed by atoms with Crippen molar-refractivity contribution < 1.29 is 9.21 Å². The predicted molar refractivity (Wildman–Crippen MR) is 92.1 cm³/mol. The van der Waals surface area contributed by atoms with E-state index in [1.807, 2.05) is 19.1 Å². The Hall–Kier alpha value is -2.99. The van der Waals surface area contributed by atoms with E-state index in [0.29, 0.717) is 22.2 Å².